The number of hydrogen-bond acceptors (Lipinski definition) is 3. The Labute approximate surface area is 130 Å². The molecular formula is C16H17NO2S2. The standard InChI is InChI=1S/C16H17NO2S2/c18-21(19,13-14-7-3-1-4-8-14)17-11-15(17)12-20-16-9-5-2-6-10-16/h1-10,15H,11-13H2. The third-order valence-corrected chi connectivity index (χ3v) is 6.42. The number of thioether (sulfide) groups is 1. The molecule has 0 amide bonds. The van der Waals surface area contributed by atoms with Crippen LogP contribution in [0.4, 0.5) is 0 Å². The minimum atomic E-state index is -3.17. The van der Waals surface area contributed by atoms with Crippen LogP contribution in [0.15, 0.2) is 65.6 Å². The molecule has 2 aromatic rings. The van der Waals surface area contributed by atoms with Gasteiger partial charge in [0.1, 0.15) is 0 Å². The number of nitrogens with zero attached hydrogens (tertiary/aromatic N) is 1. The van der Waals surface area contributed by atoms with Crippen molar-refractivity contribution in [3.05, 3.63) is 66.2 Å². The molecule has 0 aliphatic carbocycles. The molecule has 1 aliphatic rings. The van der Waals surface area contributed by atoms with Gasteiger partial charge in [0.25, 0.3) is 0 Å². The molecule has 2 unspecified atom stereocenters. The average molecular weight is 319 g/mol. The molecule has 1 fully saturated rings. The Morgan fingerprint density at radius 3 is 2.29 bits per heavy atom. The molecule has 0 radical (unpaired) electrons. The van der Waals surface area contributed by atoms with E-state index in [-0.39, 0.29) is 11.8 Å². The molecule has 1 saturated heterocycles. The van der Waals surface area contributed by atoms with Crippen LogP contribution in [-0.2, 0) is 15.8 Å². The fraction of sp³-hybridized carbons (Fsp3) is 0.250. The third kappa shape index (κ3) is 3.87. The van der Waals surface area contributed by atoms with Gasteiger partial charge in [-0.05, 0) is 17.7 Å². The maximum absolute atomic E-state index is 12.3. The Balaban J connectivity index is 1.54. The number of benzene rings is 2. The molecule has 0 spiro atoms. The zero-order valence-corrected chi connectivity index (χ0v) is 13.2. The second-order valence-corrected chi connectivity index (χ2v) is 8.10. The summed E-state index contributed by atoms with van der Waals surface area (Å²) >= 11 is 1.71. The van der Waals surface area contributed by atoms with Crippen LogP contribution in [0.25, 0.3) is 0 Å². The first-order valence-corrected chi connectivity index (χ1v) is 9.46. The highest BCUT2D eigenvalue weighted by atomic mass is 32.2. The number of sulfonamides is 1. The lowest BCUT2D eigenvalue weighted by Crippen LogP contribution is -2.17. The van der Waals surface area contributed by atoms with E-state index in [2.05, 4.69) is 12.1 Å². The number of hydrogen-bond donors (Lipinski definition) is 0. The van der Waals surface area contributed by atoms with E-state index in [1.165, 1.54) is 4.90 Å². The maximum Gasteiger partial charge on any atom is 0.218 e. The topological polar surface area (TPSA) is 37.1 Å². The molecule has 0 N–H and O–H groups in total. The van der Waals surface area contributed by atoms with Gasteiger partial charge in [0.05, 0.1) is 5.75 Å². The van der Waals surface area contributed by atoms with Crippen molar-refractivity contribution in [1.82, 2.24) is 4.31 Å². The maximum atomic E-state index is 12.3. The Hall–Kier alpha value is -1.30. The van der Waals surface area contributed by atoms with Crippen molar-refractivity contribution in [3.8, 4) is 0 Å². The molecule has 0 saturated carbocycles. The molecule has 21 heavy (non-hydrogen) atoms. The van der Waals surface area contributed by atoms with Crippen LogP contribution >= 0.6 is 11.8 Å². The van der Waals surface area contributed by atoms with Gasteiger partial charge in [0.15, 0.2) is 0 Å². The summed E-state index contributed by atoms with van der Waals surface area (Å²) in [7, 11) is -3.17. The predicted octanol–water partition coefficient (Wildman–Crippen LogP) is 2.99. The minimum absolute atomic E-state index is 0.0976. The molecule has 0 aromatic heterocycles. The highest BCUT2D eigenvalue weighted by molar-refractivity contribution is 7.99. The fourth-order valence-corrected chi connectivity index (χ4v) is 5.04. The summed E-state index contributed by atoms with van der Waals surface area (Å²) in [5, 5.41) is 0. The van der Waals surface area contributed by atoms with Gasteiger partial charge in [-0.3, -0.25) is 0 Å². The van der Waals surface area contributed by atoms with E-state index < -0.39 is 10.0 Å². The van der Waals surface area contributed by atoms with E-state index in [9.17, 15) is 8.42 Å². The molecule has 0 bridgehead atoms. The lowest BCUT2D eigenvalue weighted by Gasteiger charge is -2.06. The largest absolute Gasteiger partial charge is 0.218 e. The van der Waals surface area contributed by atoms with Crippen LogP contribution in [0.3, 0.4) is 0 Å². The summed E-state index contributed by atoms with van der Waals surface area (Å²) in [5.41, 5.74) is 0.846. The second-order valence-electron chi connectivity index (χ2n) is 5.09. The van der Waals surface area contributed by atoms with Crippen LogP contribution in [-0.4, -0.2) is 31.1 Å². The fourth-order valence-electron chi connectivity index (χ4n) is 2.21. The highest BCUT2D eigenvalue weighted by Crippen LogP contribution is 2.30. The molecule has 110 valence electrons. The van der Waals surface area contributed by atoms with Gasteiger partial charge in [-0.15, -0.1) is 11.8 Å². The van der Waals surface area contributed by atoms with Gasteiger partial charge in [-0.2, -0.15) is 4.31 Å². The molecule has 3 nitrogen and oxygen atoms in total. The molecular weight excluding hydrogens is 302 g/mol. The normalized spacial score (nSPS) is 21.1. The lowest BCUT2D eigenvalue weighted by molar-refractivity contribution is 0.555. The number of rotatable bonds is 6. The predicted molar refractivity (Wildman–Crippen MR) is 86.7 cm³/mol. The van der Waals surface area contributed by atoms with Crippen molar-refractivity contribution in [1.29, 1.82) is 0 Å². The highest BCUT2D eigenvalue weighted by Gasteiger charge is 2.43. The Morgan fingerprint density at radius 1 is 1.00 bits per heavy atom. The van der Waals surface area contributed by atoms with Gasteiger partial charge in [-0.1, -0.05) is 48.5 Å². The lowest BCUT2D eigenvalue weighted by atomic mass is 10.2. The van der Waals surface area contributed by atoms with Crippen molar-refractivity contribution in [3.63, 3.8) is 0 Å². The second kappa shape index (κ2) is 6.22. The molecule has 2 aromatic carbocycles. The van der Waals surface area contributed by atoms with Gasteiger partial charge in [0.2, 0.25) is 10.0 Å². The van der Waals surface area contributed by atoms with E-state index in [4.69, 9.17) is 0 Å². The van der Waals surface area contributed by atoms with E-state index in [0.717, 1.165) is 11.3 Å². The molecule has 5 heteroatoms. The monoisotopic (exact) mass is 319 g/mol. The van der Waals surface area contributed by atoms with Gasteiger partial charge < -0.3 is 0 Å². The Morgan fingerprint density at radius 2 is 1.62 bits per heavy atom. The quantitative estimate of drug-likeness (QED) is 0.607. The van der Waals surface area contributed by atoms with Gasteiger partial charge in [0, 0.05) is 23.2 Å². The summed E-state index contributed by atoms with van der Waals surface area (Å²) in [6.45, 7) is 0.648. The Kier molecular flexibility index (Phi) is 4.33. The zero-order chi connectivity index (χ0) is 14.7. The summed E-state index contributed by atoms with van der Waals surface area (Å²) in [6.07, 6.45) is 0. The summed E-state index contributed by atoms with van der Waals surface area (Å²) in [4.78, 5) is 1.19. The van der Waals surface area contributed by atoms with Gasteiger partial charge in [-0.25, -0.2) is 8.42 Å². The smallest absolute Gasteiger partial charge is 0.212 e. The first-order chi connectivity index (χ1) is 10.1. The summed E-state index contributed by atoms with van der Waals surface area (Å²) in [5.74, 6) is 0.915. The van der Waals surface area contributed by atoms with Crippen LogP contribution in [0.2, 0.25) is 0 Å². The Bertz CT molecular complexity index is 687. The van der Waals surface area contributed by atoms with E-state index >= 15 is 0 Å². The molecule has 2 atom stereocenters. The van der Waals surface area contributed by atoms with Gasteiger partial charge >= 0.3 is 0 Å². The minimum Gasteiger partial charge on any atom is -0.212 e. The van der Waals surface area contributed by atoms with Crippen molar-refractivity contribution >= 4 is 21.8 Å². The molecule has 1 aliphatic heterocycles. The summed E-state index contributed by atoms with van der Waals surface area (Å²) in [6, 6.07) is 19.6. The van der Waals surface area contributed by atoms with Crippen LogP contribution in [0.5, 0.6) is 0 Å². The first-order valence-electron chi connectivity index (χ1n) is 6.86. The molecule has 3 rings (SSSR count). The van der Waals surface area contributed by atoms with Crippen molar-refractivity contribution in [2.24, 2.45) is 0 Å². The average Bonchev–Trinajstić information content (AvgIpc) is 3.27. The van der Waals surface area contributed by atoms with Crippen LogP contribution in [0.1, 0.15) is 5.56 Å². The van der Waals surface area contributed by atoms with Crippen molar-refractivity contribution < 1.29 is 8.42 Å². The van der Waals surface area contributed by atoms with Crippen molar-refractivity contribution in [2.75, 3.05) is 12.3 Å². The molecule has 1 heterocycles. The van der Waals surface area contributed by atoms with Crippen molar-refractivity contribution in [2.45, 2.75) is 16.7 Å². The first kappa shape index (κ1) is 14.6. The third-order valence-electron chi connectivity index (χ3n) is 3.40. The van der Waals surface area contributed by atoms with E-state index in [1.807, 2.05) is 48.5 Å². The van der Waals surface area contributed by atoms with Crippen LogP contribution < -0.4 is 0 Å². The zero-order valence-electron chi connectivity index (χ0n) is 11.6. The SMILES string of the molecule is O=S(=O)(Cc1ccccc1)N1CC1CSc1ccccc1. The summed E-state index contributed by atoms with van der Waals surface area (Å²) < 4.78 is 26.2. The van der Waals surface area contributed by atoms with E-state index in [0.29, 0.717) is 6.54 Å². The van der Waals surface area contributed by atoms with Crippen LogP contribution in [0, 0.1) is 0 Å². The van der Waals surface area contributed by atoms with E-state index in [1.54, 1.807) is 16.1 Å².